The third kappa shape index (κ3) is 6.12. The lowest BCUT2D eigenvalue weighted by Crippen LogP contribution is -2.41. The molecule has 0 aliphatic carbocycles. The van der Waals surface area contributed by atoms with Gasteiger partial charge in [0.15, 0.2) is 5.11 Å². The Morgan fingerprint density at radius 1 is 1.44 bits per heavy atom. The number of carbonyl (C=O) groups is 1. The molecule has 96 valence electrons. The molecular formula is C13H16N2O2S. The van der Waals surface area contributed by atoms with E-state index in [1.807, 2.05) is 30.3 Å². The molecular weight excluding hydrogens is 248 g/mol. The Morgan fingerprint density at radius 2 is 2.11 bits per heavy atom. The van der Waals surface area contributed by atoms with Gasteiger partial charge in [-0.1, -0.05) is 30.3 Å². The molecule has 0 spiro atoms. The van der Waals surface area contributed by atoms with Gasteiger partial charge in [-0.05, 0) is 30.8 Å². The van der Waals surface area contributed by atoms with Crippen LogP contribution in [-0.4, -0.2) is 28.8 Å². The Morgan fingerprint density at radius 3 is 2.72 bits per heavy atom. The summed E-state index contributed by atoms with van der Waals surface area (Å²) >= 11 is 4.89. The molecule has 1 rings (SSSR count). The van der Waals surface area contributed by atoms with E-state index < -0.39 is 6.10 Å². The van der Waals surface area contributed by atoms with E-state index >= 15 is 0 Å². The van der Waals surface area contributed by atoms with Crippen LogP contribution in [0, 0.1) is 0 Å². The van der Waals surface area contributed by atoms with Crippen LogP contribution >= 0.6 is 12.2 Å². The third-order valence-electron chi connectivity index (χ3n) is 2.02. The Balaban J connectivity index is 2.38. The standard InChI is InChI=1S/C13H16N2O2S/c1-10(16)9-14-13(18)15-12(17)8-7-11-5-3-2-4-6-11/h2-8,10,16H,9H2,1H3,(H2,14,15,17,18)/b8-7+. The van der Waals surface area contributed by atoms with Gasteiger partial charge in [0, 0.05) is 12.6 Å². The van der Waals surface area contributed by atoms with Gasteiger partial charge < -0.3 is 10.4 Å². The molecule has 4 nitrogen and oxygen atoms in total. The zero-order valence-corrected chi connectivity index (χ0v) is 10.9. The number of benzene rings is 1. The highest BCUT2D eigenvalue weighted by molar-refractivity contribution is 7.80. The molecule has 1 aromatic carbocycles. The number of hydrogen-bond acceptors (Lipinski definition) is 3. The minimum atomic E-state index is -0.514. The number of hydrogen-bond donors (Lipinski definition) is 3. The second-order valence-corrected chi connectivity index (χ2v) is 4.20. The third-order valence-corrected chi connectivity index (χ3v) is 2.27. The SMILES string of the molecule is CC(O)CNC(=S)NC(=O)/C=C/c1ccccc1. The summed E-state index contributed by atoms with van der Waals surface area (Å²) in [6.45, 7) is 1.94. The maximum Gasteiger partial charge on any atom is 0.250 e. The summed E-state index contributed by atoms with van der Waals surface area (Å²) < 4.78 is 0. The number of nitrogens with one attached hydrogen (secondary N) is 2. The number of thiocarbonyl (C=S) groups is 1. The Hall–Kier alpha value is -1.72. The van der Waals surface area contributed by atoms with Crippen molar-refractivity contribution in [2.24, 2.45) is 0 Å². The fourth-order valence-electron chi connectivity index (χ4n) is 1.17. The molecule has 1 unspecified atom stereocenters. The minimum absolute atomic E-state index is 0.207. The molecule has 1 atom stereocenters. The van der Waals surface area contributed by atoms with Crippen LogP contribution < -0.4 is 10.6 Å². The Labute approximate surface area is 112 Å². The minimum Gasteiger partial charge on any atom is -0.392 e. The molecule has 0 radical (unpaired) electrons. The van der Waals surface area contributed by atoms with Crippen molar-refractivity contribution < 1.29 is 9.90 Å². The van der Waals surface area contributed by atoms with E-state index in [9.17, 15) is 4.79 Å². The zero-order valence-electron chi connectivity index (χ0n) is 10.1. The molecule has 0 heterocycles. The van der Waals surface area contributed by atoms with Crippen LogP contribution in [0.1, 0.15) is 12.5 Å². The van der Waals surface area contributed by atoms with Crippen LogP contribution in [-0.2, 0) is 4.79 Å². The van der Waals surface area contributed by atoms with Crippen LogP contribution in [0.3, 0.4) is 0 Å². The largest absolute Gasteiger partial charge is 0.392 e. The van der Waals surface area contributed by atoms with Gasteiger partial charge in [0.2, 0.25) is 5.91 Å². The van der Waals surface area contributed by atoms with E-state index in [4.69, 9.17) is 17.3 Å². The van der Waals surface area contributed by atoms with E-state index in [1.54, 1.807) is 13.0 Å². The van der Waals surface area contributed by atoms with Gasteiger partial charge in [-0.3, -0.25) is 10.1 Å². The Kier molecular flexibility index (Phi) is 6.04. The monoisotopic (exact) mass is 264 g/mol. The first-order chi connectivity index (χ1) is 8.58. The molecule has 0 aliphatic rings. The Bertz CT molecular complexity index is 430. The second-order valence-electron chi connectivity index (χ2n) is 3.79. The van der Waals surface area contributed by atoms with Crippen LogP contribution in [0.25, 0.3) is 6.08 Å². The van der Waals surface area contributed by atoms with Gasteiger partial charge in [-0.25, -0.2) is 0 Å². The normalized spacial score (nSPS) is 12.1. The average molecular weight is 264 g/mol. The molecule has 0 bridgehead atoms. The topological polar surface area (TPSA) is 61.4 Å². The van der Waals surface area contributed by atoms with Gasteiger partial charge in [0.25, 0.3) is 0 Å². The fourth-order valence-corrected chi connectivity index (χ4v) is 1.36. The summed E-state index contributed by atoms with van der Waals surface area (Å²) in [5, 5.41) is 14.5. The van der Waals surface area contributed by atoms with Gasteiger partial charge in [-0.2, -0.15) is 0 Å². The molecule has 1 amide bonds. The number of aliphatic hydroxyl groups is 1. The highest BCUT2D eigenvalue weighted by Gasteiger charge is 2.01. The molecule has 5 heteroatoms. The molecule has 0 aromatic heterocycles. The summed E-state index contributed by atoms with van der Waals surface area (Å²) in [5.74, 6) is -0.304. The van der Waals surface area contributed by atoms with Crippen molar-refractivity contribution in [3.63, 3.8) is 0 Å². The average Bonchev–Trinajstić information content (AvgIpc) is 2.35. The molecule has 0 saturated carbocycles. The predicted molar refractivity (Wildman–Crippen MR) is 75.9 cm³/mol. The maximum atomic E-state index is 11.5. The molecule has 3 N–H and O–H groups in total. The van der Waals surface area contributed by atoms with E-state index in [-0.39, 0.29) is 11.0 Å². The van der Waals surface area contributed by atoms with Gasteiger partial charge >= 0.3 is 0 Å². The van der Waals surface area contributed by atoms with Crippen LogP contribution in [0.2, 0.25) is 0 Å². The molecule has 0 fully saturated rings. The highest BCUT2D eigenvalue weighted by atomic mass is 32.1. The lowest BCUT2D eigenvalue weighted by Gasteiger charge is -2.09. The van der Waals surface area contributed by atoms with Crippen LogP contribution in [0.5, 0.6) is 0 Å². The summed E-state index contributed by atoms with van der Waals surface area (Å²) in [6, 6.07) is 9.49. The van der Waals surface area contributed by atoms with Gasteiger partial charge in [0.1, 0.15) is 0 Å². The first-order valence-corrected chi connectivity index (χ1v) is 5.99. The smallest absolute Gasteiger partial charge is 0.250 e. The fraction of sp³-hybridized carbons (Fsp3) is 0.231. The van der Waals surface area contributed by atoms with Crippen molar-refractivity contribution >= 4 is 29.3 Å². The molecule has 0 saturated heterocycles. The summed E-state index contributed by atoms with van der Waals surface area (Å²) in [7, 11) is 0. The predicted octanol–water partition coefficient (Wildman–Crippen LogP) is 1.07. The van der Waals surface area contributed by atoms with Gasteiger partial charge in [0.05, 0.1) is 6.10 Å². The van der Waals surface area contributed by atoms with E-state index in [0.717, 1.165) is 5.56 Å². The molecule has 0 aliphatic heterocycles. The second kappa shape index (κ2) is 7.58. The number of amides is 1. The summed E-state index contributed by atoms with van der Waals surface area (Å²) in [4.78, 5) is 11.5. The van der Waals surface area contributed by atoms with Crippen molar-refractivity contribution in [1.29, 1.82) is 0 Å². The zero-order chi connectivity index (χ0) is 13.4. The van der Waals surface area contributed by atoms with Gasteiger partial charge in [-0.15, -0.1) is 0 Å². The summed E-state index contributed by atoms with van der Waals surface area (Å²) in [5.41, 5.74) is 0.940. The maximum absolute atomic E-state index is 11.5. The van der Waals surface area contributed by atoms with Crippen LogP contribution in [0.4, 0.5) is 0 Å². The van der Waals surface area contributed by atoms with E-state index in [2.05, 4.69) is 10.6 Å². The van der Waals surface area contributed by atoms with Crippen molar-refractivity contribution in [3.05, 3.63) is 42.0 Å². The van der Waals surface area contributed by atoms with Crippen molar-refractivity contribution in [2.75, 3.05) is 6.54 Å². The highest BCUT2D eigenvalue weighted by Crippen LogP contribution is 2.00. The van der Waals surface area contributed by atoms with Crippen molar-refractivity contribution in [1.82, 2.24) is 10.6 Å². The van der Waals surface area contributed by atoms with Crippen molar-refractivity contribution in [3.8, 4) is 0 Å². The number of carbonyl (C=O) groups excluding carboxylic acids is 1. The molecule has 18 heavy (non-hydrogen) atoms. The van der Waals surface area contributed by atoms with Crippen molar-refractivity contribution in [2.45, 2.75) is 13.0 Å². The van der Waals surface area contributed by atoms with E-state index in [0.29, 0.717) is 6.54 Å². The molecule has 1 aromatic rings. The number of aliphatic hydroxyl groups excluding tert-OH is 1. The van der Waals surface area contributed by atoms with Crippen LogP contribution in [0.15, 0.2) is 36.4 Å². The lowest BCUT2D eigenvalue weighted by atomic mass is 10.2. The first kappa shape index (κ1) is 14.3. The number of rotatable bonds is 4. The lowest BCUT2D eigenvalue weighted by molar-refractivity contribution is -0.115. The summed E-state index contributed by atoms with van der Waals surface area (Å²) in [6.07, 6.45) is 2.60. The van der Waals surface area contributed by atoms with E-state index in [1.165, 1.54) is 6.08 Å². The quantitative estimate of drug-likeness (QED) is 0.562. The first-order valence-electron chi connectivity index (χ1n) is 5.58.